The molecule has 0 bridgehead atoms. The molecular formula is C43H48O23. The van der Waals surface area contributed by atoms with Crippen LogP contribution in [0.15, 0.2) is 69.9 Å². The van der Waals surface area contributed by atoms with Crippen LogP contribution in [-0.4, -0.2) is 185 Å². The number of hydrogen-bond acceptors (Lipinski definition) is 23. The Morgan fingerprint density at radius 1 is 0.667 bits per heavy atom. The van der Waals surface area contributed by atoms with E-state index < -0.39 is 146 Å². The molecule has 13 N–H and O–H groups in total. The van der Waals surface area contributed by atoms with Crippen molar-refractivity contribution < 1.29 is 109 Å². The number of rotatable bonds is 13. The molecule has 0 spiro atoms. The highest BCUT2D eigenvalue weighted by Gasteiger charge is 2.56. The maximum Gasteiger partial charge on any atom is 0.331 e. The second kappa shape index (κ2) is 20.2. The molecule has 3 aromatic carbocycles. The minimum atomic E-state index is -2.11. The first kappa shape index (κ1) is 48.5. The maximum absolute atomic E-state index is 13.8. The number of esters is 1. The van der Waals surface area contributed by atoms with Crippen LogP contribution in [0.3, 0.4) is 0 Å². The molecule has 7 rings (SSSR count). The van der Waals surface area contributed by atoms with E-state index in [9.17, 15) is 76.0 Å². The Labute approximate surface area is 372 Å². The normalized spacial score (nSPS) is 32.7. The van der Waals surface area contributed by atoms with E-state index in [1.54, 1.807) is 0 Å². The van der Waals surface area contributed by atoms with E-state index in [0.29, 0.717) is 5.56 Å². The van der Waals surface area contributed by atoms with Gasteiger partial charge in [-0.25, -0.2) is 4.79 Å². The van der Waals surface area contributed by atoms with Crippen LogP contribution in [0.5, 0.6) is 28.7 Å². The standard InChI is InChI=1S/C43H48O23/c1-59-23-10-17(5-8-19(23)48)22-11-20(49)29-24(60-22)12-21(50)30(34(29)55)38-41(64-28(51)9-4-16-2-6-18(47)7-3-16)39(33(54)27(15-46)61-38)65-43-40(36(57)32(53)26(14-45)63-43)66-42-37(58)35(56)31(52)25(13-44)62-42/h2-12,25-27,31-33,35-48,50,52-58H,13-15H2,1H3/b9-4+/t25-,26+,27-,31-,32+,33+,35-,36-,37+,38+,39-,40+,41-,42+,43-/m1/s1. The molecule has 3 saturated heterocycles. The predicted molar refractivity (Wildman–Crippen MR) is 218 cm³/mol. The van der Waals surface area contributed by atoms with Crippen LogP contribution in [-0.2, 0) is 33.2 Å². The third kappa shape index (κ3) is 9.53. The average Bonchev–Trinajstić information content (AvgIpc) is 3.29. The molecule has 0 aliphatic carbocycles. The van der Waals surface area contributed by atoms with E-state index in [1.165, 1.54) is 55.7 Å². The average molecular weight is 933 g/mol. The number of phenols is 4. The molecule has 23 nitrogen and oxygen atoms in total. The van der Waals surface area contributed by atoms with Crippen molar-refractivity contribution in [2.75, 3.05) is 26.9 Å². The summed E-state index contributed by atoms with van der Waals surface area (Å²) in [6.07, 6.45) is -26.9. The number of aliphatic hydroxyl groups is 9. The lowest BCUT2D eigenvalue weighted by Gasteiger charge is -2.49. The fourth-order valence-corrected chi connectivity index (χ4v) is 7.88. The van der Waals surface area contributed by atoms with Gasteiger partial charge in [0.15, 0.2) is 35.6 Å². The number of benzene rings is 3. The number of aromatic hydroxyl groups is 4. The zero-order valence-electron chi connectivity index (χ0n) is 34.5. The summed E-state index contributed by atoms with van der Waals surface area (Å²) in [6, 6.07) is 11.5. The van der Waals surface area contributed by atoms with Crippen molar-refractivity contribution in [2.45, 2.75) is 91.9 Å². The minimum Gasteiger partial charge on any atom is -0.508 e. The van der Waals surface area contributed by atoms with Crippen molar-refractivity contribution in [3.63, 3.8) is 0 Å². The summed E-state index contributed by atoms with van der Waals surface area (Å²) in [5, 5.41) is 138. The van der Waals surface area contributed by atoms with Crippen LogP contribution in [0.2, 0.25) is 0 Å². The second-order valence-corrected chi connectivity index (χ2v) is 15.6. The van der Waals surface area contributed by atoms with E-state index in [0.717, 1.165) is 18.2 Å². The third-order valence-electron chi connectivity index (χ3n) is 11.4. The molecule has 0 unspecified atom stereocenters. The highest BCUT2D eigenvalue weighted by Crippen LogP contribution is 2.47. The van der Waals surface area contributed by atoms with Crippen LogP contribution < -0.4 is 10.2 Å². The number of fused-ring (bicyclic) bond motifs is 1. The first-order valence-corrected chi connectivity index (χ1v) is 20.3. The van der Waals surface area contributed by atoms with E-state index in [-0.39, 0.29) is 34.2 Å². The van der Waals surface area contributed by atoms with Gasteiger partial charge in [-0.15, -0.1) is 0 Å². The molecular weight excluding hydrogens is 884 g/mol. The summed E-state index contributed by atoms with van der Waals surface area (Å²) in [7, 11) is 1.30. The van der Waals surface area contributed by atoms with Crippen LogP contribution in [0.4, 0.5) is 0 Å². The van der Waals surface area contributed by atoms with Gasteiger partial charge >= 0.3 is 5.97 Å². The molecule has 0 saturated carbocycles. The van der Waals surface area contributed by atoms with E-state index in [1.807, 2.05) is 0 Å². The number of ether oxygens (including phenoxy) is 7. The fourth-order valence-electron chi connectivity index (χ4n) is 7.88. The SMILES string of the molecule is COc1cc(-c2cc(=O)c3c(O)c([C@@H]4O[C@H](CO)[C@H](O)[C@@H](O[C@H]5O[C@@H](CO)[C@H](O)[C@@H](O)[C@@H]5O[C@@H]5O[C@H](CO)[C@@H](O)[C@@H](O)[C@@H]5O)[C@@H]4OC(=O)/C=C/c4ccc(O)cc4)c(O)cc3o2)ccc1O. The molecule has 1 aromatic heterocycles. The van der Waals surface area contributed by atoms with Crippen LogP contribution in [0.1, 0.15) is 17.2 Å². The zero-order chi connectivity index (χ0) is 47.7. The van der Waals surface area contributed by atoms with Crippen molar-refractivity contribution in [3.05, 3.63) is 82.0 Å². The van der Waals surface area contributed by atoms with Gasteiger partial charge in [-0.2, -0.15) is 0 Å². The van der Waals surface area contributed by atoms with E-state index in [2.05, 4.69) is 0 Å². The molecule has 4 heterocycles. The Hall–Kier alpha value is -5.48. The van der Waals surface area contributed by atoms with E-state index in [4.69, 9.17) is 37.6 Å². The molecule has 23 heteroatoms. The Morgan fingerprint density at radius 2 is 1.29 bits per heavy atom. The Balaban J connectivity index is 1.31. The predicted octanol–water partition coefficient (Wildman–Crippen LogP) is -2.28. The van der Waals surface area contributed by atoms with Crippen molar-refractivity contribution in [2.24, 2.45) is 0 Å². The van der Waals surface area contributed by atoms with Gasteiger partial charge in [0, 0.05) is 23.8 Å². The lowest BCUT2D eigenvalue weighted by molar-refractivity contribution is -0.382. The Kier molecular flexibility index (Phi) is 14.8. The van der Waals surface area contributed by atoms with Gasteiger partial charge in [-0.05, 0) is 42.0 Å². The van der Waals surface area contributed by atoms with Crippen molar-refractivity contribution >= 4 is 23.0 Å². The summed E-state index contributed by atoms with van der Waals surface area (Å²) in [4.78, 5) is 27.5. The zero-order valence-corrected chi connectivity index (χ0v) is 34.5. The lowest BCUT2D eigenvalue weighted by atomic mass is 9.88. The van der Waals surface area contributed by atoms with Gasteiger partial charge in [0.25, 0.3) is 0 Å². The minimum absolute atomic E-state index is 0.0320. The fraction of sp³-hybridized carbons (Fsp3) is 0.442. The number of methoxy groups -OCH3 is 1. The molecule has 3 fully saturated rings. The Bertz CT molecular complexity index is 2420. The number of carbonyl (C=O) groups is 1. The van der Waals surface area contributed by atoms with Crippen LogP contribution >= 0.6 is 0 Å². The van der Waals surface area contributed by atoms with Gasteiger partial charge in [0.2, 0.25) is 0 Å². The molecule has 66 heavy (non-hydrogen) atoms. The van der Waals surface area contributed by atoms with Crippen LogP contribution in [0, 0.1) is 0 Å². The summed E-state index contributed by atoms with van der Waals surface area (Å²) in [6.45, 7) is -2.87. The highest BCUT2D eigenvalue weighted by atomic mass is 16.8. The number of aliphatic hydroxyl groups excluding tert-OH is 9. The molecule has 3 aliphatic heterocycles. The molecule has 0 radical (unpaired) electrons. The number of carbonyl (C=O) groups excluding carboxylic acids is 1. The maximum atomic E-state index is 13.8. The molecule has 15 atom stereocenters. The molecule has 3 aliphatic rings. The quantitative estimate of drug-likeness (QED) is 0.0496. The molecule has 4 aromatic rings. The van der Waals surface area contributed by atoms with Crippen molar-refractivity contribution in [1.82, 2.24) is 0 Å². The summed E-state index contributed by atoms with van der Waals surface area (Å²) < 4.78 is 45.9. The Morgan fingerprint density at radius 3 is 1.94 bits per heavy atom. The number of phenolic OH excluding ortho intramolecular Hbond substituents is 4. The topological polar surface area (TPSA) is 375 Å². The van der Waals surface area contributed by atoms with Gasteiger partial charge in [-0.3, -0.25) is 4.79 Å². The monoisotopic (exact) mass is 932 g/mol. The van der Waals surface area contributed by atoms with Gasteiger partial charge < -0.3 is 104 Å². The lowest BCUT2D eigenvalue weighted by Crippen LogP contribution is -2.66. The second-order valence-electron chi connectivity index (χ2n) is 15.6. The first-order chi connectivity index (χ1) is 31.5. The summed E-state index contributed by atoms with van der Waals surface area (Å²) >= 11 is 0. The van der Waals surface area contributed by atoms with Crippen molar-refractivity contribution in [3.8, 4) is 40.1 Å². The van der Waals surface area contributed by atoms with E-state index >= 15 is 0 Å². The smallest absolute Gasteiger partial charge is 0.331 e. The summed E-state index contributed by atoms with van der Waals surface area (Å²) in [5.74, 6) is -3.38. The van der Waals surface area contributed by atoms with Gasteiger partial charge in [-0.1, -0.05) is 12.1 Å². The van der Waals surface area contributed by atoms with Crippen molar-refractivity contribution in [1.29, 1.82) is 0 Å². The molecule has 0 amide bonds. The van der Waals surface area contributed by atoms with Crippen LogP contribution in [0.25, 0.3) is 28.4 Å². The number of hydrogen-bond donors (Lipinski definition) is 13. The molecule has 358 valence electrons. The summed E-state index contributed by atoms with van der Waals surface area (Å²) in [5.41, 5.74) is -1.27. The highest BCUT2D eigenvalue weighted by molar-refractivity contribution is 5.89. The largest absolute Gasteiger partial charge is 0.508 e. The van der Waals surface area contributed by atoms with Gasteiger partial charge in [0.05, 0.1) is 32.5 Å². The van der Waals surface area contributed by atoms with Gasteiger partial charge in [0.1, 0.15) is 107 Å². The third-order valence-corrected chi connectivity index (χ3v) is 11.4. The first-order valence-electron chi connectivity index (χ1n) is 20.3.